The van der Waals surface area contributed by atoms with E-state index in [0.717, 1.165) is 36.0 Å². The molecule has 1 aromatic rings. The second-order valence-corrected chi connectivity index (χ2v) is 7.52. The van der Waals surface area contributed by atoms with Crippen LogP contribution in [0.3, 0.4) is 0 Å². The summed E-state index contributed by atoms with van der Waals surface area (Å²) in [6.07, 6.45) is 1.94. The van der Waals surface area contributed by atoms with Crippen LogP contribution in [0.2, 0.25) is 5.02 Å². The highest BCUT2D eigenvalue weighted by Crippen LogP contribution is 2.31. The van der Waals surface area contributed by atoms with E-state index in [-0.39, 0.29) is 5.54 Å². The molecule has 1 N–H and O–H groups in total. The fourth-order valence-corrected chi connectivity index (χ4v) is 2.78. The van der Waals surface area contributed by atoms with Crippen molar-refractivity contribution < 1.29 is 0 Å². The van der Waals surface area contributed by atoms with Crippen molar-refractivity contribution >= 4 is 17.4 Å². The first-order valence-corrected chi connectivity index (χ1v) is 7.78. The van der Waals surface area contributed by atoms with Crippen molar-refractivity contribution in [2.24, 2.45) is 11.8 Å². The van der Waals surface area contributed by atoms with Crippen LogP contribution in [-0.2, 0) is 6.54 Å². The van der Waals surface area contributed by atoms with Gasteiger partial charge in [-0.3, -0.25) is 0 Å². The minimum atomic E-state index is 0.102. The van der Waals surface area contributed by atoms with E-state index in [1.807, 2.05) is 12.3 Å². The van der Waals surface area contributed by atoms with Gasteiger partial charge in [-0.2, -0.15) is 0 Å². The number of halogens is 1. The van der Waals surface area contributed by atoms with Crippen molar-refractivity contribution in [2.45, 2.75) is 46.7 Å². The van der Waals surface area contributed by atoms with Gasteiger partial charge in [-0.15, -0.1) is 0 Å². The predicted octanol–water partition coefficient (Wildman–Crippen LogP) is 3.72. The molecule has 1 saturated heterocycles. The topological polar surface area (TPSA) is 28.2 Å². The maximum Gasteiger partial charge on any atom is 0.147 e. The average molecular weight is 296 g/mol. The lowest BCUT2D eigenvalue weighted by Gasteiger charge is -2.22. The Morgan fingerprint density at radius 3 is 2.40 bits per heavy atom. The third-order valence-corrected chi connectivity index (χ3v) is 4.27. The second-order valence-electron chi connectivity index (χ2n) is 7.11. The molecule has 3 nitrogen and oxygen atoms in total. The average Bonchev–Trinajstić information content (AvgIpc) is 2.66. The summed E-state index contributed by atoms with van der Waals surface area (Å²) >= 11 is 6.42. The summed E-state index contributed by atoms with van der Waals surface area (Å²) in [4.78, 5) is 6.89. The van der Waals surface area contributed by atoms with Crippen molar-refractivity contribution in [3.8, 4) is 0 Å². The Labute approximate surface area is 127 Å². The van der Waals surface area contributed by atoms with Crippen LogP contribution >= 0.6 is 11.6 Å². The van der Waals surface area contributed by atoms with Gasteiger partial charge in [-0.05, 0) is 44.2 Å². The molecule has 1 fully saturated rings. The van der Waals surface area contributed by atoms with Crippen LogP contribution in [0.1, 0.15) is 40.2 Å². The third kappa shape index (κ3) is 3.86. The Kier molecular flexibility index (Phi) is 4.60. The molecule has 2 rings (SSSR count). The summed E-state index contributed by atoms with van der Waals surface area (Å²) in [5.74, 6) is 2.34. The van der Waals surface area contributed by atoms with Crippen LogP contribution in [0.15, 0.2) is 12.3 Å². The Morgan fingerprint density at radius 2 is 1.90 bits per heavy atom. The van der Waals surface area contributed by atoms with Gasteiger partial charge in [-0.1, -0.05) is 25.4 Å². The molecule has 20 heavy (non-hydrogen) atoms. The molecule has 1 aliphatic heterocycles. The Hall–Kier alpha value is -0.800. The number of anilines is 1. The second kappa shape index (κ2) is 5.90. The SMILES string of the molecule is CC1CN(c2ncc(CNC(C)(C)C)cc2Cl)CC1C. The molecule has 0 amide bonds. The van der Waals surface area contributed by atoms with E-state index in [1.165, 1.54) is 0 Å². The van der Waals surface area contributed by atoms with Crippen molar-refractivity contribution in [3.05, 3.63) is 22.8 Å². The van der Waals surface area contributed by atoms with Crippen molar-refractivity contribution in [1.82, 2.24) is 10.3 Å². The minimum absolute atomic E-state index is 0.102. The maximum absolute atomic E-state index is 6.42. The van der Waals surface area contributed by atoms with E-state index < -0.39 is 0 Å². The van der Waals surface area contributed by atoms with E-state index in [1.54, 1.807) is 0 Å². The minimum Gasteiger partial charge on any atom is -0.355 e. The van der Waals surface area contributed by atoms with Crippen molar-refractivity contribution in [1.29, 1.82) is 0 Å². The molecular weight excluding hydrogens is 270 g/mol. The lowest BCUT2D eigenvalue weighted by molar-refractivity contribution is 0.424. The van der Waals surface area contributed by atoms with Crippen LogP contribution in [0.4, 0.5) is 5.82 Å². The van der Waals surface area contributed by atoms with Gasteiger partial charge in [0.2, 0.25) is 0 Å². The normalized spacial score (nSPS) is 23.4. The van der Waals surface area contributed by atoms with Crippen LogP contribution in [0.5, 0.6) is 0 Å². The van der Waals surface area contributed by atoms with Crippen molar-refractivity contribution in [3.63, 3.8) is 0 Å². The Bertz CT molecular complexity index is 457. The van der Waals surface area contributed by atoms with Gasteiger partial charge in [-0.25, -0.2) is 4.98 Å². The van der Waals surface area contributed by atoms with Crippen LogP contribution < -0.4 is 10.2 Å². The number of hydrogen-bond donors (Lipinski definition) is 1. The number of aromatic nitrogens is 1. The molecule has 0 saturated carbocycles. The maximum atomic E-state index is 6.42. The van der Waals surface area contributed by atoms with E-state index in [0.29, 0.717) is 11.8 Å². The fraction of sp³-hybridized carbons (Fsp3) is 0.688. The summed E-state index contributed by atoms with van der Waals surface area (Å²) in [7, 11) is 0. The van der Waals surface area contributed by atoms with E-state index >= 15 is 0 Å². The van der Waals surface area contributed by atoms with Gasteiger partial charge >= 0.3 is 0 Å². The molecule has 0 radical (unpaired) electrons. The standard InChI is InChI=1S/C16H26ClN3/c1-11-9-20(10-12(11)2)15-14(17)6-13(7-18-15)8-19-16(3,4)5/h6-7,11-12,19H,8-10H2,1-5H3. The van der Waals surface area contributed by atoms with Gasteiger partial charge in [0.1, 0.15) is 5.82 Å². The van der Waals surface area contributed by atoms with Gasteiger partial charge in [0, 0.05) is 31.4 Å². The zero-order valence-electron chi connectivity index (χ0n) is 13.2. The molecule has 112 valence electrons. The number of rotatable bonds is 3. The Morgan fingerprint density at radius 1 is 1.30 bits per heavy atom. The van der Waals surface area contributed by atoms with Crippen molar-refractivity contribution in [2.75, 3.05) is 18.0 Å². The predicted molar refractivity (Wildman–Crippen MR) is 86.4 cm³/mol. The summed E-state index contributed by atoms with van der Waals surface area (Å²) < 4.78 is 0. The molecule has 2 heterocycles. The van der Waals surface area contributed by atoms with Gasteiger partial charge in [0.25, 0.3) is 0 Å². The molecule has 0 aliphatic carbocycles. The lowest BCUT2D eigenvalue weighted by Crippen LogP contribution is -2.35. The quantitative estimate of drug-likeness (QED) is 0.921. The molecule has 0 bridgehead atoms. The van der Waals surface area contributed by atoms with Crippen LogP contribution in [0.25, 0.3) is 0 Å². The molecule has 4 heteroatoms. The summed E-state index contributed by atoms with van der Waals surface area (Å²) in [5.41, 5.74) is 1.24. The molecular formula is C16H26ClN3. The zero-order valence-corrected chi connectivity index (χ0v) is 14.0. The monoisotopic (exact) mass is 295 g/mol. The smallest absolute Gasteiger partial charge is 0.147 e. The zero-order chi connectivity index (χ0) is 14.9. The molecule has 1 aromatic heterocycles. The van der Waals surface area contributed by atoms with Gasteiger partial charge < -0.3 is 10.2 Å². The lowest BCUT2D eigenvalue weighted by atomic mass is 10.0. The van der Waals surface area contributed by atoms with Crippen LogP contribution in [0, 0.1) is 11.8 Å². The summed E-state index contributed by atoms with van der Waals surface area (Å²) in [6, 6.07) is 2.04. The number of nitrogens with one attached hydrogen (secondary N) is 1. The molecule has 2 atom stereocenters. The van der Waals surface area contributed by atoms with E-state index in [4.69, 9.17) is 11.6 Å². The van der Waals surface area contributed by atoms with E-state index in [9.17, 15) is 0 Å². The number of hydrogen-bond acceptors (Lipinski definition) is 3. The first-order chi connectivity index (χ1) is 9.26. The van der Waals surface area contributed by atoms with Gasteiger partial charge in [0.05, 0.1) is 5.02 Å². The highest BCUT2D eigenvalue weighted by Gasteiger charge is 2.28. The van der Waals surface area contributed by atoms with Crippen LogP contribution in [-0.4, -0.2) is 23.6 Å². The Balaban J connectivity index is 2.07. The molecule has 0 aromatic carbocycles. The molecule has 2 unspecified atom stereocenters. The highest BCUT2D eigenvalue weighted by molar-refractivity contribution is 6.33. The highest BCUT2D eigenvalue weighted by atomic mass is 35.5. The number of pyridine rings is 1. The number of nitrogens with zero attached hydrogens (tertiary/aromatic N) is 2. The van der Waals surface area contributed by atoms with Gasteiger partial charge in [0.15, 0.2) is 0 Å². The van der Waals surface area contributed by atoms with E-state index in [2.05, 4.69) is 49.8 Å². The first-order valence-electron chi connectivity index (χ1n) is 7.40. The largest absolute Gasteiger partial charge is 0.355 e. The fourth-order valence-electron chi connectivity index (χ4n) is 2.47. The third-order valence-electron chi connectivity index (χ3n) is 3.99. The summed E-state index contributed by atoms with van der Waals surface area (Å²) in [6.45, 7) is 13.9. The summed E-state index contributed by atoms with van der Waals surface area (Å²) in [5, 5.41) is 4.22. The molecule has 1 aliphatic rings. The first kappa shape index (κ1) is 15.6. The molecule has 0 spiro atoms.